The molecule has 0 aromatic heterocycles. The first kappa shape index (κ1) is 10.5. The molecule has 2 atom stereocenters. The molecular formula is C12H19NO2. The third-order valence-electron chi connectivity index (χ3n) is 3.57. The van der Waals surface area contributed by atoms with Gasteiger partial charge in [-0.25, -0.2) is 4.79 Å². The van der Waals surface area contributed by atoms with Crippen molar-refractivity contribution in [1.29, 1.82) is 0 Å². The molecule has 1 saturated heterocycles. The average molecular weight is 209 g/mol. The van der Waals surface area contributed by atoms with E-state index in [4.69, 9.17) is 5.11 Å². The summed E-state index contributed by atoms with van der Waals surface area (Å²) < 4.78 is 0. The zero-order valence-corrected chi connectivity index (χ0v) is 9.28. The zero-order chi connectivity index (χ0) is 10.8. The van der Waals surface area contributed by atoms with E-state index < -0.39 is 5.97 Å². The summed E-state index contributed by atoms with van der Waals surface area (Å²) in [6.45, 7) is 3.13. The van der Waals surface area contributed by atoms with Crippen molar-refractivity contribution in [3.8, 4) is 0 Å². The van der Waals surface area contributed by atoms with Crippen LogP contribution in [0, 0.1) is 5.92 Å². The van der Waals surface area contributed by atoms with Gasteiger partial charge in [0.15, 0.2) is 0 Å². The maximum absolute atomic E-state index is 11.1. The molecule has 0 bridgehead atoms. The third-order valence-corrected chi connectivity index (χ3v) is 3.57. The van der Waals surface area contributed by atoms with Gasteiger partial charge in [0.2, 0.25) is 0 Å². The largest absolute Gasteiger partial charge is 0.480 e. The molecule has 0 unspecified atom stereocenters. The number of nitrogens with zero attached hydrogens (tertiary/aromatic N) is 1. The third kappa shape index (κ3) is 2.01. The summed E-state index contributed by atoms with van der Waals surface area (Å²) in [5.74, 6) is -0.120. The lowest BCUT2D eigenvalue weighted by Crippen LogP contribution is -2.37. The quantitative estimate of drug-likeness (QED) is 0.758. The molecule has 0 saturated carbocycles. The Kier molecular flexibility index (Phi) is 2.98. The van der Waals surface area contributed by atoms with Gasteiger partial charge in [-0.1, -0.05) is 13.0 Å². The summed E-state index contributed by atoms with van der Waals surface area (Å²) >= 11 is 0. The van der Waals surface area contributed by atoms with Crippen molar-refractivity contribution >= 4 is 5.97 Å². The smallest absolute Gasteiger partial charge is 0.326 e. The standard InChI is InChI=1S/C12H19NO2/c1-9-5-2-3-6-10(9)13-8-4-7-11(13)12(14)15/h6,9,11H,2-5,7-8H2,1H3,(H,14,15)/t9-,11-/m0/s1. The van der Waals surface area contributed by atoms with E-state index >= 15 is 0 Å². The number of carboxylic acids is 1. The van der Waals surface area contributed by atoms with Gasteiger partial charge in [-0.05, 0) is 38.0 Å². The molecule has 0 radical (unpaired) electrons. The van der Waals surface area contributed by atoms with Crippen molar-refractivity contribution in [2.24, 2.45) is 5.92 Å². The van der Waals surface area contributed by atoms with Crippen LogP contribution in [0.1, 0.15) is 39.0 Å². The number of carboxylic acid groups (broad SMARTS) is 1. The summed E-state index contributed by atoms with van der Waals surface area (Å²) in [5, 5.41) is 9.13. The van der Waals surface area contributed by atoms with Crippen LogP contribution in [0.5, 0.6) is 0 Å². The van der Waals surface area contributed by atoms with Crippen molar-refractivity contribution in [2.45, 2.75) is 45.1 Å². The molecule has 1 heterocycles. The van der Waals surface area contributed by atoms with Gasteiger partial charge in [-0.15, -0.1) is 0 Å². The van der Waals surface area contributed by atoms with E-state index in [-0.39, 0.29) is 6.04 Å². The van der Waals surface area contributed by atoms with Crippen LogP contribution in [0.25, 0.3) is 0 Å². The highest BCUT2D eigenvalue weighted by atomic mass is 16.4. The van der Waals surface area contributed by atoms with Gasteiger partial charge in [0.25, 0.3) is 0 Å². The lowest BCUT2D eigenvalue weighted by Gasteiger charge is -2.32. The number of hydrogen-bond donors (Lipinski definition) is 1. The van der Waals surface area contributed by atoms with E-state index in [1.807, 2.05) is 0 Å². The first-order chi connectivity index (χ1) is 7.20. The highest BCUT2D eigenvalue weighted by Gasteiger charge is 2.33. The summed E-state index contributed by atoms with van der Waals surface area (Å²) in [4.78, 5) is 13.2. The molecule has 3 nitrogen and oxygen atoms in total. The fourth-order valence-corrected chi connectivity index (χ4v) is 2.76. The molecule has 3 heteroatoms. The fourth-order valence-electron chi connectivity index (χ4n) is 2.76. The van der Waals surface area contributed by atoms with E-state index in [0.29, 0.717) is 5.92 Å². The van der Waals surface area contributed by atoms with Gasteiger partial charge in [-0.2, -0.15) is 0 Å². The molecule has 1 aliphatic heterocycles. The highest BCUT2D eigenvalue weighted by molar-refractivity contribution is 5.74. The number of aliphatic carboxylic acids is 1. The molecular weight excluding hydrogens is 190 g/mol. The molecule has 2 aliphatic rings. The number of hydrogen-bond acceptors (Lipinski definition) is 2. The monoisotopic (exact) mass is 209 g/mol. The molecule has 1 fully saturated rings. The Morgan fingerprint density at radius 1 is 1.47 bits per heavy atom. The molecule has 15 heavy (non-hydrogen) atoms. The van der Waals surface area contributed by atoms with Crippen LogP contribution in [-0.4, -0.2) is 28.6 Å². The molecule has 0 spiro atoms. The minimum absolute atomic E-state index is 0.267. The maximum Gasteiger partial charge on any atom is 0.326 e. The van der Waals surface area contributed by atoms with Crippen molar-refractivity contribution in [3.63, 3.8) is 0 Å². The molecule has 1 aliphatic carbocycles. The SMILES string of the molecule is C[C@H]1CCCC=C1N1CCC[C@H]1C(=O)O. The number of rotatable bonds is 2. The van der Waals surface area contributed by atoms with E-state index in [0.717, 1.165) is 25.8 Å². The van der Waals surface area contributed by atoms with Crippen molar-refractivity contribution in [2.75, 3.05) is 6.54 Å². The van der Waals surface area contributed by atoms with Crippen molar-refractivity contribution < 1.29 is 9.90 Å². The second-order valence-electron chi connectivity index (χ2n) is 4.65. The van der Waals surface area contributed by atoms with E-state index in [1.54, 1.807) is 0 Å². The number of likely N-dealkylation sites (tertiary alicyclic amines) is 1. The second-order valence-corrected chi connectivity index (χ2v) is 4.65. The first-order valence-electron chi connectivity index (χ1n) is 5.89. The predicted molar refractivity (Wildman–Crippen MR) is 58.5 cm³/mol. The predicted octanol–water partition coefficient (Wildman–Crippen LogP) is 2.24. The first-order valence-corrected chi connectivity index (χ1v) is 5.89. The Hall–Kier alpha value is -0.990. The van der Waals surface area contributed by atoms with Crippen LogP contribution in [-0.2, 0) is 4.79 Å². The van der Waals surface area contributed by atoms with Gasteiger partial charge in [0, 0.05) is 12.2 Å². The Balaban J connectivity index is 2.15. The van der Waals surface area contributed by atoms with E-state index in [1.165, 1.54) is 18.5 Å². The molecule has 0 amide bonds. The van der Waals surface area contributed by atoms with Gasteiger partial charge < -0.3 is 10.0 Å². The van der Waals surface area contributed by atoms with Gasteiger partial charge in [0.1, 0.15) is 6.04 Å². The van der Waals surface area contributed by atoms with Crippen LogP contribution in [0.3, 0.4) is 0 Å². The van der Waals surface area contributed by atoms with Crippen LogP contribution in [0.15, 0.2) is 11.8 Å². The normalized spacial score (nSPS) is 31.5. The fraction of sp³-hybridized carbons (Fsp3) is 0.750. The van der Waals surface area contributed by atoms with Crippen LogP contribution < -0.4 is 0 Å². The summed E-state index contributed by atoms with van der Waals surface area (Å²) in [5.41, 5.74) is 1.28. The summed E-state index contributed by atoms with van der Waals surface area (Å²) in [6, 6.07) is -0.267. The summed E-state index contributed by atoms with van der Waals surface area (Å²) in [6.07, 6.45) is 7.63. The van der Waals surface area contributed by atoms with Gasteiger partial charge in [-0.3, -0.25) is 0 Å². The lowest BCUT2D eigenvalue weighted by molar-refractivity contribution is -0.141. The minimum atomic E-state index is -0.661. The molecule has 84 valence electrons. The molecule has 0 aromatic carbocycles. The van der Waals surface area contributed by atoms with Crippen LogP contribution >= 0.6 is 0 Å². The topological polar surface area (TPSA) is 40.5 Å². The molecule has 2 rings (SSSR count). The Labute approximate surface area is 90.8 Å². The van der Waals surface area contributed by atoms with Crippen LogP contribution in [0.4, 0.5) is 0 Å². The highest BCUT2D eigenvalue weighted by Crippen LogP contribution is 2.32. The minimum Gasteiger partial charge on any atom is -0.480 e. The second kappa shape index (κ2) is 4.25. The Morgan fingerprint density at radius 2 is 2.27 bits per heavy atom. The van der Waals surface area contributed by atoms with Crippen molar-refractivity contribution in [1.82, 2.24) is 4.90 Å². The Bertz CT molecular complexity index is 285. The van der Waals surface area contributed by atoms with E-state index in [9.17, 15) is 4.79 Å². The van der Waals surface area contributed by atoms with Gasteiger partial charge in [0.05, 0.1) is 0 Å². The number of allylic oxidation sites excluding steroid dienone is 2. The molecule has 1 N–H and O–H groups in total. The Morgan fingerprint density at radius 3 is 2.93 bits per heavy atom. The lowest BCUT2D eigenvalue weighted by atomic mass is 9.93. The maximum atomic E-state index is 11.1. The number of carbonyl (C=O) groups is 1. The average Bonchev–Trinajstić information content (AvgIpc) is 2.67. The summed E-state index contributed by atoms with van der Waals surface area (Å²) in [7, 11) is 0. The van der Waals surface area contributed by atoms with E-state index in [2.05, 4.69) is 17.9 Å². The van der Waals surface area contributed by atoms with Gasteiger partial charge >= 0.3 is 5.97 Å². The van der Waals surface area contributed by atoms with Crippen molar-refractivity contribution in [3.05, 3.63) is 11.8 Å². The zero-order valence-electron chi connectivity index (χ0n) is 9.28. The molecule has 0 aromatic rings. The van der Waals surface area contributed by atoms with Crippen LogP contribution in [0.2, 0.25) is 0 Å².